The van der Waals surface area contributed by atoms with Crippen molar-refractivity contribution in [2.45, 2.75) is 40.5 Å². The Morgan fingerprint density at radius 1 is 1.00 bits per heavy atom. The molecule has 0 bridgehead atoms. The van der Waals surface area contributed by atoms with Crippen molar-refractivity contribution >= 4 is 0 Å². The van der Waals surface area contributed by atoms with E-state index >= 15 is 0 Å². The maximum absolute atomic E-state index is 5.64. The van der Waals surface area contributed by atoms with Crippen molar-refractivity contribution in [2.75, 3.05) is 26.3 Å². The van der Waals surface area contributed by atoms with Gasteiger partial charge >= 0.3 is 0 Å². The Bertz CT molecular complexity index is 377. The third-order valence-electron chi connectivity index (χ3n) is 3.10. The minimum absolute atomic E-state index is 0.663. The lowest BCUT2D eigenvalue weighted by Crippen LogP contribution is -2.19. The highest BCUT2D eigenvalue weighted by Crippen LogP contribution is 2.28. The van der Waals surface area contributed by atoms with Crippen molar-refractivity contribution in [2.24, 2.45) is 5.92 Å². The number of rotatable bonds is 10. The molecule has 0 aliphatic heterocycles. The van der Waals surface area contributed by atoms with Crippen molar-refractivity contribution in [3.8, 4) is 11.5 Å². The Labute approximate surface area is 123 Å². The van der Waals surface area contributed by atoms with E-state index in [1.165, 1.54) is 12.0 Å². The van der Waals surface area contributed by atoms with Crippen LogP contribution in [-0.2, 0) is 6.42 Å². The first-order chi connectivity index (χ1) is 9.67. The molecule has 1 aromatic rings. The molecule has 114 valence electrons. The summed E-state index contributed by atoms with van der Waals surface area (Å²) in [6, 6.07) is 6.23. The molecule has 1 aromatic carbocycles. The normalized spacial score (nSPS) is 10.8. The number of ether oxygens (including phenoxy) is 2. The van der Waals surface area contributed by atoms with Crippen LogP contribution in [0.25, 0.3) is 0 Å². The fraction of sp³-hybridized carbons (Fsp3) is 0.647. The molecule has 0 heterocycles. The van der Waals surface area contributed by atoms with Gasteiger partial charge in [-0.1, -0.05) is 19.9 Å². The van der Waals surface area contributed by atoms with Crippen LogP contribution in [-0.4, -0.2) is 26.3 Å². The van der Waals surface area contributed by atoms with Gasteiger partial charge in [0.05, 0.1) is 13.2 Å². The number of benzene rings is 1. The van der Waals surface area contributed by atoms with Crippen molar-refractivity contribution in [1.29, 1.82) is 0 Å². The van der Waals surface area contributed by atoms with E-state index in [0.29, 0.717) is 13.2 Å². The van der Waals surface area contributed by atoms with Crippen molar-refractivity contribution in [3.63, 3.8) is 0 Å². The van der Waals surface area contributed by atoms with E-state index in [4.69, 9.17) is 9.47 Å². The van der Waals surface area contributed by atoms with Gasteiger partial charge in [-0.25, -0.2) is 0 Å². The van der Waals surface area contributed by atoms with E-state index in [1.54, 1.807) is 0 Å². The van der Waals surface area contributed by atoms with E-state index in [1.807, 2.05) is 19.9 Å². The highest BCUT2D eigenvalue weighted by molar-refractivity contribution is 5.43. The van der Waals surface area contributed by atoms with Gasteiger partial charge in [-0.05, 0) is 63.4 Å². The molecule has 1 rings (SSSR count). The van der Waals surface area contributed by atoms with Crippen LogP contribution in [0.4, 0.5) is 0 Å². The molecule has 0 radical (unpaired) electrons. The maximum Gasteiger partial charge on any atom is 0.161 e. The molecule has 0 saturated carbocycles. The zero-order valence-corrected chi connectivity index (χ0v) is 13.4. The Kier molecular flexibility index (Phi) is 8.12. The summed E-state index contributed by atoms with van der Waals surface area (Å²) in [6.45, 7) is 11.9. The van der Waals surface area contributed by atoms with E-state index in [9.17, 15) is 0 Å². The van der Waals surface area contributed by atoms with Gasteiger partial charge in [0.1, 0.15) is 0 Å². The fourth-order valence-corrected chi connectivity index (χ4v) is 2.00. The smallest absolute Gasteiger partial charge is 0.161 e. The van der Waals surface area contributed by atoms with E-state index in [0.717, 1.165) is 36.9 Å². The predicted octanol–water partition coefficient (Wildman–Crippen LogP) is 3.66. The molecule has 3 nitrogen and oxygen atoms in total. The third-order valence-corrected chi connectivity index (χ3v) is 3.10. The van der Waals surface area contributed by atoms with Crippen LogP contribution in [0.2, 0.25) is 0 Å². The highest BCUT2D eigenvalue weighted by atomic mass is 16.5. The van der Waals surface area contributed by atoms with Crippen LogP contribution >= 0.6 is 0 Å². The van der Waals surface area contributed by atoms with Crippen LogP contribution in [0.3, 0.4) is 0 Å². The van der Waals surface area contributed by atoms with Gasteiger partial charge in [-0.2, -0.15) is 0 Å². The third kappa shape index (κ3) is 6.29. The lowest BCUT2D eigenvalue weighted by Gasteiger charge is -2.13. The second kappa shape index (κ2) is 9.65. The summed E-state index contributed by atoms with van der Waals surface area (Å²) in [7, 11) is 0. The molecule has 0 spiro atoms. The summed E-state index contributed by atoms with van der Waals surface area (Å²) in [5.74, 6) is 2.46. The van der Waals surface area contributed by atoms with E-state index in [2.05, 4.69) is 31.3 Å². The Morgan fingerprint density at radius 2 is 1.70 bits per heavy atom. The summed E-state index contributed by atoms with van der Waals surface area (Å²) in [4.78, 5) is 0. The quantitative estimate of drug-likeness (QED) is 0.663. The number of hydrogen-bond donors (Lipinski definition) is 1. The van der Waals surface area contributed by atoms with Gasteiger partial charge in [0.15, 0.2) is 11.5 Å². The van der Waals surface area contributed by atoms with Crippen LogP contribution in [0.5, 0.6) is 11.5 Å². The molecule has 0 saturated heterocycles. The zero-order valence-electron chi connectivity index (χ0n) is 13.4. The molecule has 0 fully saturated rings. The Balaban J connectivity index is 2.47. The van der Waals surface area contributed by atoms with Crippen LogP contribution in [0.1, 0.15) is 39.7 Å². The SMILES string of the molecule is CCOc1ccc(CCNCCC(C)C)cc1OCC. The Hall–Kier alpha value is -1.22. The lowest BCUT2D eigenvalue weighted by molar-refractivity contribution is 0.287. The molecule has 1 N–H and O–H groups in total. The summed E-state index contributed by atoms with van der Waals surface area (Å²) in [5.41, 5.74) is 1.29. The summed E-state index contributed by atoms with van der Waals surface area (Å²) in [5, 5.41) is 3.48. The molecule has 0 aliphatic rings. The largest absolute Gasteiger partial charge is 0.490 e. The summed E-state index contributed by atoms with van der Waals surface area (Å²) < 4.78 is 11.2. The molecule has 0 atom stereocenters. The van der Waals surface area contributed by atoms with Crippen molar-refractivity contribution in [3.05, 3.63) is 23.8 Å². The minimum Gasteiger partial charge on any atom is -0.490 e. The van der Waals surface area contributed by atoms with E-state index < -0.39 is 0 Å². The minimum atomic E-state index is 0.663. The standard InChI is InChI=1S/C17H29NO2/c1-5-19-16-8-7-15(13-17(16)20-6-2)10-12-18-11-9-14(3)4/h7-8,13-14,18H,5-6,9-12H2,1-4H3. The molecule has 0 amide bonds. The first-order valence-corrected chi connectivity index (χ1v) is 7.76. The summed E-state index contributed by atoms with van der Waals surface area (Å²) >= 11 is 0. The first kappa shape index (κ1) is 16.8. The maximum atomic E-state index is 5.64. The Morgan fingerprint density at radius 3 is 2.35 bits per heavy atom. The van der Waals surface area contributed by atoms with Gasteiger partial charge in [0.25, 0.3) is 0 Å². The highest BCUT2D eigenvalue weighted by Gasteiger charge is 2.06. The predicted molar refractivity (Wildman–Crippen MR) is 84.8 cm³/mol. The van der Waals surface area contributed by atoms with Gasteiger partial charge in [0, 0.05) is 0 Å². The molecular weight excluding hydrogens is 250 g/mol. The average molecular weight is 279 g/mol. The van der Waals surface area contributed by atoms with Crippen LogP contribution < -0.4 is 14.8 Å². The van der Waals surface area contributed by atoms with Crippen molar-refractivity contribution < 1.29 is 9.47 Å². The number of nitrogens with one attached hydrogen (secondary N) is 1. The van der Waals surface area contributed by atoms with Gasteiger partial charge in [-0.15, -0.1) is 0 Å². The molecule has 0 aliphatic carbocycles. The van der Waals surface area contributed by atoms with Gasteiger partial charge in [0.2, 0.25) is 0 Å². The zero-order chi connectivity index (χ0) is 14.8. The van der Waals surface area contributed by atoms with Gasteiger partial charge < -0.3 is 14.8 Å². The second-order valence-electron chi connectivity index (χ2n) is 5.33. The second-order valence-corrected chi connectivity index (χ2v) is 5.33. The average Bonchev–Trinajstić information content (AvgIpc) is 2.41. The number of hydrogen-bond acceptors (Lipinski definition) is 3. The molecular formula is C17H29NO2. The van der Waals surface area contributed by atoms with Crippen LogP contribution in [0.15, 0.2) is 18.2 Å². The molecule has 0 unspecified atom stereocenters. The monoisotopic (exact) mass is 279 g/mol. The molecule has 0 aromatic heterocycles. The molecule has 20 heavy (non-hydrogen) atoms. The topological polar surface area (TPSA) is 30.5 Å². The molecule has 3 heteroatoms. The lowest BCUT2D eigenvalue weighted by atomic mass is 10.1. The first-order valence-electron chi connectivity index (χ1n) is 7.76. The van der Waals surface area contributed by atoms with Gasteiger partial charge in [-0.3, -0.25) is 0 Å². The van der Waals surface area contributed by atoms with Crippen molar-refractivity contribution in [1.82, 2.24) is 5.32 Å². The summed E-state index contributed by atoms with van der Waals surface area (Å²) in [6.07, 6.45) is 2.25. The fourth-order valence-electron chi connectivity index (χ4n) is 2.00. The van der Waals surface area contributed by atoms with E-state index in [-0.39, 0.29) is 0 Å². The van der Waals surface area contributed by atoms with Crippen LogP contribution in [0, 0.1) is 5.92 Å².